The Balaban J connectivity index is 1.86. The Morgan fingerprint density at radius 2 is 1.16 bits per heavy atom. The maximum absolute atomic E-state index is 9.98. The van der Waals surface area contributed by atoms with Crippen LogP contribution in [0.1, 0.15) is 30.4 Å². The average Bonchev–Trinajstić information content (AvgIpc) is 3.22. The van der Waals surface area contributed by atoms with Gasteiger partial charge in [-0.05, 0) is 58.7 Å². The van der Waals surface area contributed by atoms with Crippen LogP contribution < -0.4 is 18.9 Å². The summed E-state index contributed by atoms with van der Waals surface area (Å²) >= 11 is 0. The number of benzene rings is 3. The van der Waals surface area contributed by atoms with Crippen LogP contribution in [0.2, 0.25) is 0 Å². The maximum atomic E-state index is 9.98. The molecule has 1 saturated heterocycles. The number of rotatable bonds is 4. The summed E-state index contributed by atoms with van der Waals surface area (Å²) in [4.78, 5) is 0. The minimum Gasteiger partial charge on any atom is -0.493 e. The third-order valence-electron chi connectivity index (χ3n) is 7.44. The van der Waals surface area contributed by atoms with E-state index in [9.17, 15) is 5.26 Å². The molecule has 0 aromatic heterocycles. The first-order valence-corrected chi connectivity index (χ1v) is 11.1. The van der Waals surface area contributed by atoms with Crippen molar-refractivity contribution in [2.24, 2.45) is 0 Å². The molecule has 32 heavy (non-hydrogen) atoms. The van der Waals surface area contributed by atoms with E-state index in [1.165, 1.54) is 11.1 Å². The Bertz CT molecular complexity index is 1180. The van der Waals surface area contributed by atoms with Crippen molar-refractivity contribution in [2.75, 3.05) is 35.0 Å². The van der Waals surface area contributed by atoms with E-state index in [4.69, 9.17) is 18.9 Å². The van der Waals surface area contributed by atoms with Crippen molar-refractivity contribution in [3.63, 3.8) is 0 Å². The summed E-state index contributed by atoms with van der Waals surface area (Å²) in [6.45, 7) is 2.77. The summed E-state index contributed by atoms with van der Waals surface area (Å²) < 4.78 is 23.4. The number of piperidine rings is 1. The van der Waals surface area contributed by atoms with Gasteiger partial charge in [-0.15, -0.1) is 0 Å². The lowest BCUT2D eigenvalue weighted by Crippen LogP contribution is -2.53. The molecule has 0 saturated carbocycles. The number of hydrogen-bond donors (Lipinski definition) is 0. The number of methoxy groups -OCH3 is 4. The standard InChI is InChI=1S/C26H29N2O4/c1-29-23-9-17-18-10-24(30-2)26(32-4)12-20(18)22-15-28(8-6-5-7-16(28)13-27)14-21(22)19(17)11-25(23)31-3/h9-12,16H,5-8,14-15H2,1-4H3/q+1. The lowest BCUT2D eigenvalue weighted by Gasteiger charge is -2.41. The van der Waals surface area contributed by atoms with Gasteiger partial charge in [0, 0.05) is 17.5 Å². The number of hydrogen-bond acceptors (Lipinski definition) is 5. The fourth-order valence-corrected chi connectivity index (χ4v) is 5.83. The van der Waals surface area contributed by atoms with E-state index < -0.39 is 0 Å². The molecule has 0 N–H and O–H groups in total. The van der Waals surface area contributed by atoms with E-state index in [-0.39, 0.29) is 6.04 Å². The molecule has 1 unspecified atom stereocenters. The van der Waals surface area contributed by atoms with Crippen molar-refractivity contribution in [3.8, 4) is 29.1 Å². The second-order valence-corrected chi connectivity index (χ2v) is 8.86. The summed E-state index contributed by atoms with van der Waals surface area (Å²) in [5.41, 5.74) is 2.62. The number of nitriles is 1. The van der Waals surface area contributed by atoms with Gasteiger partial charge in [-0.2, -0.15) is 5.26 Å². The quantitative estimate of drug-likeness (QED) is 0.431. The molecule has 1 atom stereocenters. The van der Waals surface area contributed by atoms with Crippen LogP contribution in [0, 0.1) is 11.3 Å². The molecule has 1 spiro atoms. The molecule has 2 heterocycles. The molecule has 2 aliphatic rings. The number of ether oxygens (including phenoxy) is 4. The monoisotopic (exact) mass is 433 g/mol. The highest BCUT2D eigenvalue weighted by molar-refractivity contribution is 6.12. The van der Waals surface area contributed by atoms with Gasteiger partial charge >= 0.3 is 0 Å². The molecule has 0 radical (unpaired) electrons. The molecule has 3 aromatic carbocycles. The minimum absolute atomic E-state index is 0.0292. The van der Waals surface area contributed by atoms with E-state index in [1.54, 1.807) is 28.4 Å². The molecular weight excluding hydrogens is 404 g/mol. The van der Waals surface area contributed by atoms with Crippen LogP contribution in [-0.4, -0.2) is 45.5 Å². The topological polar surface area (TPSA) is 60.7 Å². The zero-order valence-corrected chi connectivity index (χ0v) is 19.2. The van der Waals surface area contributed by atoms with Gasteiger partial charge in [0.05, 0.1) is 35.0 Å². The Morgan fingerprint density at radius 3 is 1.56 bits per heavy atom. The molecule has 1 fully saturated rings. The van der Waals surface area contributed by atoms with Crippen molar-refractivity contribution in [1.82, 2.24) is 0 Å². The Hall–Kier alpha value is -3.17. The first-order chi connectivity index (χ1) is 15.6. The van der Waals surface area contributed by atoms with Gasteiger partial charge in [-0.25, -0.2) is 0 Å². The minimum atomic E-state index is 0.0292. The Kier molecular flexibility index (Phi) is 5.02. The summed E-state index contributed by atoms with van der Waals surface area (Å²) in [5, 5.41) is 14.5. The molecule has 2 aliphatic heterocycles. The number of nitrogens with zero attached hydrogens (tertiary/aromatic N) is 2. The van der Waals surface area contributed by atoms with Crippen LogP contribution in [0.4, 0.5) is 0 Å². The fourth-order valence-electron chi connectivity index (χ4n) is 5.83. The third-order valence-corrected chi connectivity index (χ3v) is 7.44. The second-order valence-electron chi connectivity index (χ2n) is 8.86. The zero-order valence-electron chi connectivity index (χ0n) is 19.2. The molecule has 0 bridgehead atoms. The summed E-state index contributed by atoms with van der Waals surface area (Å²) in [5.74, 6) is 2.84. The molecule has 5 rings (SSSR count). The van der Waals surface area contributed by atoms with E-state index >= 15 is 0 Å². The number of quaternary nitrogens is 1. The van der Waals surface area contributed by atoms with Crippen molar-refractivity contribution >= 4 is 21.5 Å². The van der Waals surface area contributed by atoms with Gasteiger partial charge in [0.2, 0.25) is 0 Å². The van der Waals surface area contributed by atoms with Gasteiger partial charge in [0.1, 0.15) is 19.2 Å². The van der Waals surface area contributed by atoms with E-state index in [1.807, 2.05) is 0 Å². The summed E-state index contributed by atoms with van der Waals surface area (Å²) in [6.07, 6.45) is 3.26. The normalized spacial score (nSPS) is 19.0. The Morgan fingerprint density at radius 1 is 0.719 bits per heavy atom. The summed E-state index contributed by atoms with van der Waals surface area (Å²) in [7, 11) is 6.66. The molecule has 0 aliphatic carbocycles. The largest absolute Gasteiger partial charge is 0.493 e. The van der Waals surface area contributed by atoms with Crippen LogP contribution in [0.15, 0.2) is 24.3 Å². The first kappa shape index (κ1) is 20.7. The fraction of sp³-hybridized carbons (Fsp3) is 0.423. The molecule has 3 aromatic rings. The van der Waals surface area contributed by atoms with Crippen molar-refractivity contribution < 1.29 is 23.4 Å². The molecule has 6 nitrogen and oxygen atoms in total. The van der Waals surface area contributed by atoms with E-state index in [2.05, 4.69) is 30.3 Å². The van der Waals surface area contributed by atoms with E-state index in [0.29, 0.717) is 11.5 Å². The highest BCUT2D eigenvalue weighted by Gasteiger charge is 2.46. The van der Waals surface area contributed by atoms with Crippen LogP contribution in [0.3, 0.4) is 0 Å². The van der Waals surface area contributed by atoms with Crippen LogP contribution >= 0.6 is 0 Å². The smallest absolute Gasteiger partial charge is 0.177 e. The predicted octanol–water partition coefficient (Wildman–Crippen LogP) is 4.93. The second kappa shape index (κ2) is 7.75. The predicted molar refractivity (Wildman–Crippen MR) is 123 cm³/mol. The zero-order chi connectivity index (χ0) is 22.5. The third kappa shape index (κ3) is 2.88. The van der Waals surface area contributed by atoms with Crippen molar-refractivity contribution in [1.29, 1.82) is 5.26 Å². The van der Waals surface area contributed by atoms with Gasteiger partial charge in [0.25, 0.3) is 0 Å². The Labute approximate surface area is 188 Å². The van der Waals surface area contributed by atoms with Crippen LogP contribution in [0.25, 0.3) is 21.5 Å². The maximum Gasteiger partial charge on any atom is 0.177 e. The lowest BCUT2D eigenvalue weighted by molar-refractivity contribution is -0.966. The molecule has 0 amide bonds. The molecule has 166 valence electrons. The lowest BCUT2D eigenvalue weighted by atomic mass is 9.92. The molecule has 6 heteroatoms. The summed E-state index contributed by atoms with van der Waals surface area (Å²) in [6, 6.07) is 11.0. The molecular formula is C26H29N2O4+. The highest BCUT2D eigenvalue weighted by atomic mass is 16.5. The van der Waals surface area contributed by atoms with Crippen LogP contribution in [-0.2, 0) is 13.1 Å². The van der Waals surface area contributed by atoms with E-state index in [0.717, 1.165) is 76.4 Å². The SMILES string of the molecule is COc1cc2c3c(c4cc(OC)c(OC)cc4c2cc1OC)C[N+]1(CCCCC1C#N)C3. The van der Waals surface area contributed by atoms with Gasteiger partial charge in [-0.1, -0.05) is 0 Å². The first-order valence-electron chi connectivity index (χ1n) is 11.1. The number of fused-ring (bicyclic) bond motifs is 6. The van der Waals surface area contributed by atoms with Crippen molar-refractivity contribution in [3.05, 3.63) is 35.4 Å². The van der Waals surface area contributed by atoms with Gasteiger partial charge in [-0.3, -0.25) is 0 Å². The van der Waals surface area contributed by atoms with Crippen LogP contribution in [0.5, 0.6) is 23.0 Å². The van der Waals surface area contributed by atoms with Gasteiger partial charge in [0.15, 0.2) is 29.0 Å². The average molecular weight is 434 g/mol. The van der Waals surface area contributed by atoms with Crippen molar-refractivity contribution in [2.45, 2.75) is 38.4 Å². The van der Waals surface area contributed by atoms with Gasteiger partial charge < -0.3 is 23.4 Å². The highest BCUT2D eigenvalue weighted by Crippen LogP contribution is 2.48.